The van der Waals surface area contributed by atoms with Crippen molar-refractivity contribution in [3.63, 3.8) is 0 Å². The lowest BCUT2D eigenvalue weighted by Crippen LogP contribution is -2.51. The van der Waals surface area contributed by atoms with Crippen molar-refractivity contribution in [2.75, 3.05) is 5.32 Å². The summed E-state index contributed by atoms with van der Waals surface area (Å²) in [4.78, 5) is 23.6. The minimum atomic E-state index is -0.421. The van der Waals surface area contributed by atoms with E-state index in [1.165, 1.54) is 31.4 Å². The summed E-state index contributed by atoms with van der Waals surface area (Å²) >= 11 is 0. The van der Waals surface area contributed by atoms with Gasteiger partial charge in [-0.05, 0) is 56.3 Å². The Kier molecular flexibility index (Phi) is 3.60. The number of rotatable bonds is 4. The van der Waals surface area contributed by atoms with Crippen LogP contribution in [0.4, 0.5) is 11.5 Å². The van der Waals surface area contributed by atoms with Gasteiger partial charge >= 0.3 is 0 Å². The fourth-order valence-electron chi connectivity index (χ4n) is 5.96. The summed E-state index contributed by atoms with van der Waals surface area (Å²) in [5.41, 5.74) is 1.13. The summed E-state index contributed by atoms with van der Waals surface area (Å²) in [6.45, 7) is 0. The third-order valence-corrected chi connectivity index (χ3v) is 6.71. The molecule has 0 unspecified atom stereocenters. The number of benzene rings is 1. The SMILES string of the molecule is O=C(Nc1cc(-c2cccc([N+](=O)[O-])c2)[nH]n1)C12CC3CC(CC(C3)C1)C2. The van der Waals surface area contributed by atoms with Crippen molar-refractivity contribution in [2.24, 2.45) is 23.2 Å². The summed E-state index contributed by atoms with van der Waals surface area (Å²) in [5, 5.41) is 21.1. The maximum Gasteiger partial charge on any atom is 0.270 e. The van der Waals surface area contributed by atoms with Crippen molar-refractivity contribution in [2.45, 2.75) is 38.5 Å². The fraction of sp³-hybridized carbons (Fsp3) is 0.500. The molecule has 4 aliphatic carbocycles. The van der Waals surface area contributed by atoms with Gasteiger partial charge < -0.3 is 5.32 Å². The van der Waals surface area contributed by atoms with Crippen LogP contribution in [0.2, 0.25) is 0 Å². The summed E-state index contributed by atoms with van der Waals surface area (Å²) in [6, 6.07) is 8.12. The smallest absolute Gasteiger partial charge is 0.270 e. The standard InChI is InChI=1S/C20H22N4O3/c25-19(20-9-12-4-13(10-20)6-14(5-12)11-20)21-18-8-17(22-23-18)15-2-1-3-16(7-15)24(26)27/h1-3,7-8,12-14H,4-6,9-11H2,(H2,21,22,23,25). The predicted molar refractivity (Wildman–Crippen MR) is 99.9 cm³/mol. The minimum Gasteiger partial charge on any atom is -0.309 e. The second kappa shape index (κ2) is 5.90. The first kappa shape index (κ1) is 16.5. The number of nitro benzene ring substituents is 1. The summed E-state index contributed by atoms with van der Waals surface area (Å²) in [5.74, 6) is 2.71. The van der Waals surface area contributed by atoms with Crippen LogP contribution in [-0.4, -0.2) is 21.0 Å². The average molecular weight is 366 g/mol. The van der Waals surface area contributed by atoms with Gasteiger partial charge in [-0.3, -0.25) is 20.0 Å². The molecule has 4 fully saturated rings. The van der Waals surface area contributed by atoms with E-state index in [1.54, 1.807) is 18.2 Å². The second-order valence-electron chi connectivity index (χ2n) is 8.63. The van der Waals surface area contributed by atoms with Crippen LogP contribution in [0.5, 0.6) is 0 Å². The highest BCUT2D eigenvalue weighted by Crippen LogP contribution is 2.60. The summed E-state index contributed by atoms with van der Waals surface area (Å²) in [7, 11) is 0. The number of carbonyl (C=O) groups excluding carboxylic acids is 1. The van der Waals surface area contributed by atoms with Crippen LogP contribution in [0.25, 0.3) is 11.3 Å². The molecule has 1 aromatic carbocycles. The Labute approximate surface area is 156 Å². The van der Waals surface area contributed by atoms with Crippen LogP contribution in [0.1, 0.15) is 38.5 Å². The number of aromatic nitrogens is 2. The number of anilines is 1. The highest BCUT2D eigenvalue weighted by molar-refractivity contribution is 5.95. The number of nitro groups is 1. The molecule has 27 heavy (non-hydrogen) atoms. The van der Waals surface area contributed by atoms with Crippen LogP contribution in [0.15, 0.2) is 30.3 Å². The van der Waals surface area contributed by atoms with Crippen molar-refractivity contribution in [3.8, 4) is 11.3 Å². The van der Waals surface area contributed by atoms with E-state index in [-0.39, 0.29) is 17.0 Å². The molecule has 4 bridgehead atoms. The molecule has 0 saturated heterocycles. The average Bonchev–Trinajstić information content (AvgIpc) is 3.09. The van der Waals surface area contributed by atoms with E-state index in [4.69, 9.17) is 0 Å². The highest BCUT2D eigenvalue weighted by Gasteiger charge is 2.54. The maximum absolute atomic E-state index is 13.1. The Morgan fingerprint density at radius 3 is 2.44 bits per heavy atom. The van der Waals surface area contributed by atoms with E-state index in [2.05, 4.69) is 15.5 Å². The molecule has 1 aromatic heterocycles. The van der Waals surface area contributed by atoms with Crippen LogP contribution in [0.3, 0.4) is 0 Å². The van der Waals surface area contributed by atoms with Crippen molar-refractivity contribution < 1.29 is 9.72 Å². The maximum atomic E-state index is 13.1. The highest BCUT2D eigenvalue weighted by atomic mass is 16.6. The molecule has 7 heteroatoms. The molecule has 0 spiro atoms. The van der Waals surface area contributed by atoms with Gasteiger partial charge in [0.15, 0.2) is 5.82 Å². The zero-order valence-corrected chi connectivity index (χ0v) is 15.0. The van der Waals surface area contributed by atoms with E-state index in [0.717, 1.165) is 19.3 Å². The topological polar surface area (TPSA) is 101 Å². The third-order valence-electron chi connectivity index (χ3n) is 6.71. The molecule has 6 rings (SSSR count). The van der Waals surface area contributed by atoms with Gasteiger partial charge in [0.2, 0.25) is 5.91 Å². The number of nitrogens with one attached hydrogen (secondary N) is 2. The minimum absolute atomic E-state index is 0.0289. The Morgan fingerprint density at radius 1 is 1.15 bits per heavy atom. The zero-order valence-electron chi connectivity index (χ0n) is 15.0. The first-order valence-electron chi connectivity index (χ1n) is 9.62. The molecule has 2 N–H and O–H groups in total. The van der Waals surface area contributed by atoms with Crippen LogP contribution >= 0.6 is 0 Å². The van der Waals surface area contributed by atoms with Gasteiger partial charge in [0.25, 0.3) is 5.69 Å². The van der Waals surface area contributed by atoms with Gasteiger partial charge in [0, 0.05) is 23.8 Å². The molecule has 140 valence electrons. The Hall–Kier alpha value is -2.70. The van der Waals surface area contributed by atoms with E-state index >= 15 is 0 Å². The van der Waals surface area contributed by atoms with E-state index in [1.807, 2.05) is 0 Å². The molecular formula is C20H22N4O3. The van der Waals surface area contributed by atoms with Gasteiger partial charge in [-0.15, -0.1) is 0 Å². The van der Waals surface area contributed by atoms with Gasteiger partial charge in [-0.1, -0.05) is 12.1 Å². The normalized spacial score (nSPS) is 31.0. The van der Waals surface area contributed by atoms with E-state index in [9.17, 15) is 14.9 Å². The number of H-pyrrole nitrogens is 1. The van der Waals surface area contributed by atoms with Crippen LogP contribution in [0, 0.1) is 33.3 Å². The number of carbonyl (C=O) groups is 1. The van der Waals surface area contributed by atoms with Crippen molar-refractivity contribution in [1.29, 1.82) is 0 Å². The molecule has 0 atom stereocenters. The number of hydrogen-bond acceptors (Lipinski definition) is 4. The van der Waals surface area contributed by atoms with Crippen molar-refractivity contribution in [3.05, 3.63) is 40.4 Å². The van der Waals surface area contributed by atoms with Crippen LogP contribution in [-0.2, 0) is 4.79 Å². The third kappa shape index (κ3) is 2.81. The molecular weight excluding hydrogens is 344 g/mol. The molecule has 4 saturated carbocycles. The van der Waals surface area contributed by atoms with Crippen molar-refractivity contribution in [1.82, 2.24) is 10.2 Å². The first-order valence-corrected chi connectivity index (χ1v) is 9.62. The Balaban J connectivity index is 1.34. The monoisotopic (exact) mass is 366 g/mol. The number of amides is 1. The lowest BCUT2D eigenvalue weighted by molar-refractivity contribution is -0.384. The Bertz CT molecular complexity index is 884. The van der Waals surface area contributed by atoms with Crippen LogP contribution < -0.4 is 5.32 Å². The molecule has 1 heterocycles. The predicted octanol–water partition coefficient (Wildman–Crippen LogP) is 4.14. The Morgan fingerprint density at radius 2 is 1.81 bits per heavy atom. The van der Waals surface area contributed by atoms with E-state index < -0.39 is 4.92 Å². The lowest BCUT2D eigenvalue weighted by Gasteiger charge is -2.55. The van der Waals surface area contributed by atoms with Gasteiger partial charge in [-0.2, -0.15) is 5.10 Å². The molecule has 7 nitrogen and oxygen atoms in total. The quantitative estimate of drug-likeness (QED) is 0.627. The summed E-state index contributed by atoms with van der Waals surface area (Å²) < 4.78 is 0. The second-order valence-corrected chi connectivity index (χ2v) is 8.63. The largest absolute Gasteiger partial charge is 0.309 e. The first-order chi connectivity index (χ1) is 13.0. The summed E-state index contributed by atoms with van der Waals surface area (Å²) in [6.07, 6.45) is 6.91. The molecule has 2 aromatic rings. The van der Waals surface area contributed by atoms with Gasteiger partial charge in [-0.25, -0.2) is 0 Å². The molecule has 0 aliphatic heterocycles. The van der Waals surface area contributed by atoms with Gasteiger partial charge in [0.05, 0.1) is 16.0 Å². The number of aromatic amines is 1. The molecule has 0 radical (unpaired) electrons. The number of non-ortho nitro benzene ring substituents is 1. The molecule has 1 amide bonds. The number of hydrogen-bond donors (Lipinski definition) is 2. The fourth-order valence-corrected chi connectivity index (χ4v) is 5.96. The number of nitrogens with zero attached hydrogens (tertiary/aromatic N) is 2. The zero-order chi connectivity index (χ0) is 18.6. The van der Waals surface area contributed by atoms with E-state index in [0.29, 0.717) is 34.8 Å². The lowest BCUT2D eigenvalue weighted by atomic mass is 9.49. The van der Waals surface area contributed by atoms with Gasteiger partial charge in [0.1, 0.15) is 0 Å². The van der Waals surface area contributed by atoms with Crippen molar-refractivity contribution >= 4 is 17.4 Å². The molecule has 4 aliphatic rings.